The van der Waals surface area contributed by atoms with Gasteiger partial charge >= 0.3 is 0 Å². The minimum Gasteiger partial charge on any atom is -0.274 e. The Balaban J connectivity index is 1.39. The monoisotopic (exact) mass is 740 g/mol. The van der Waals surface area contributed by atoms with Gasteiger partial charge in [-0.25, -0.2) is 0 Å². The van der Waals surface area contributed by atoms with E-state index in [-0.39, 0.29) is 32.9 Å². The molecule has 4 aromatic carbocycles. The third-order valence-electron chi connectivity index (χ3n) is 7.60. The minimum absolute atomic E-state index is 0.129. The number of hydrogen-bond acceptors (Lipinski definition) is 14. The quantitative estimate of drug-likeness (QED) is 0.0842. The summed E-state index contributed by atoms with van der Waals surface area (Å²) in [7, 11) is 0. The van der Waals surface area contributed by atoms with Crippen LogP contribution in [0.4, 0.5) is 22.7 Å². The second-order valence-corrected chi connectivity index (χ2v) is 13.2. The van der Waals surface area contributed by atoms with Crippen molar-refractivity contribution in [1.82, 2.24) is 29.5 Å². The average molecular weight is 741 g/mol. The maximum atomic E-state index is 11.9. The van der Waals surface area contributed by atoms with Crippen molar-refractivity contribution in [3.63, 3.8) is 0 Å². The molecule has 52 heavy (non-hydrogen) atoms. The number of benzene rings is 4. The van der Waals surface area contributed by atoms with E-state index in [4.69, 9.17) is 0 Å². The summed E-state index contributed by atoms with van der Waals surface area (Å²) in [6, 6.07) is 21.7. The van der Waals surface area contributed by atoms with Gasteiger partial charge < -0.3 is 0 Å². The smallest absolute Gasteiger partial charge is 0.274 e. The molecule has 0 saturated carbocycles. The number of nitro benzene ring substituents is 4. The van der Waals surface area contributed by atoms with Crippen LogP contribution in [-0.2, 0) is 12.8 Å². The molecule has 0 aliphatic rings. The molecule has 0 saturated heterocycles. The standard InChI is InChI=1S/C32H24N10O8S2/c1-19-5-3-7-21(15-19)37-29(33-35-31(37)51-27-11-9-23(39(43)44)17-25(27)41(47)48)13-14-30-34-36-32(38(30)22-8-4-6-20(2)16-22)52-28-12-10-24(40(45)46)18-26(28)42(49)50/h3-12,15-18H,13-14H2,1-2H3. The fraction of sp³-hybridized carbons (Fsp3) is 0.125. The van der Waals surface area contributed by atoms with Gasteiger partial charge in [0, 0.05) is 36.3 Å². The molecule has 18 nitrogen and oxygen atoms in total. The Kier molecular flexibility index (Phi) is 10.0. The lowest BCUT2D eigenvalue weighted by Gasteiger charge is -2.13. The van der Waals surface area contributed by atoms with Gasteiger partial charge in [-0.1, -0.05) is 24.3 Å². The molecule has 0 radical (unpaired) electrons. The van der Waals surface area contributed by atoms with Crippen LogP contribution in [0.3, 0.4) is 0 Å². The predicted octanol–water partition coefficient (Wildman–Crippen LogP) is 7.19. The highest BCUT2D eigenvalue weighted by Crippen LogP contribution is 2.39. The maximum Gasteiger partial charge on any atom is 0.290 e. The van der Waals surface area contributed by atoms with Crippen molar-refractivity contribution in [3.8, 4) is 11.4 Å². The highest BCUT2D eigenvalue weighted by atomic mass is 32.2. The molecule has 6 rings (SSSR count). The molecule has 262 valence electrons. The lowest BCUT2D eigenvalue weighted by atomic mass is 10.2. The van der Waals surface area contributed by atoms with Crippen LogP contribution in [0.2, 0.25) is 0 Å². The van der Waals surface area contributed by atoms with Crippen LogP contribution in [0.1, 0.15) is 22.8 Å². The first-order chi connectivity index (χ1) is 24.9. The Hall–Kier alpha value is -6.54. The van der Waals surface area contributed by atoms with Crippen molar-refractivity contribution in [1.29, 1.82) is 0 Å². The Labute approximate surface area is 301 Å². The number of nitrogens with zero attached hydrogens (tertiary/aromatic N) is 10. The summed E-state index contributed by atoms with van der Waals surface area (Å²) in [6.07, 6.45) is 0.492. The van der Waals surface area contributed by atoms with E-state index in [2.05, 4.69) is 20.4 Å². The van der Waals surface area contributed by atoms with Gasteiger partial charge in [-0.3, -0.25) is 49.6 Å². The first-order valence-corrected chi connectivity index (χ1v) is 16.8. The van der Waals surface area contributed by atoms with Gasteiger partial charge in [-0.15, -0.1) is 20.4 Å². The summed E-state index contributed by atoms with van der Waals surface area (Å²) in [6.45, 7) is 3.81. The molecule has 0 atom stereocenters. The largest absolute Gasteiger partial charge is 0.290 e. The molecule has 0 aliphatic heterocycles. The summed E-state index contributed by atoms with van der Waals surface area (Å²) < 4.78 is 3.48. The number of non-ortho nitro benzene ring substituents is 2. The highest BCUT2D eigenvalue weighted by molar-refractivity contribution is 7.99. The zero-order valence-electron chi connectivity index (χ0n) is 27.1. The van der Waals surface area contributed by atoms with Gasteiger partial charge in [-0.2, -0.15) is 0 Å². The van der Waals surface area contributed by atoms with Gasteiger partial charge in [0.2, 0.25) is 10.3 Å². The van der Waals surface area contributed by atoms with Crippen LogP contribution >= 0.6 is 23.5 Å². The summed E-state index contributed by atoms with van der Waals surface area (Å²) in [4.78, 5) is 43.8. The van der Waals surface area contributed by atoms with E-state index in [1.807, 2.05) is 62.4 Å². The molecule has 0 bridgehead atoms. The lowest BCUT2D eigenvalue weighted by Crippen LogP contribution is -2.09. The number of rotatable bonds is 13. The lowest BCUT2D eigenvalue weighted by molar-refractivity contribution is -0.396. The van der Waals surface area contributed by atoms with Crippen LogP contribution in [0, 0.1) is 54.3 Å². The predicted molar refractivity (Wildman–Crippen MR) is 187 cm³/mol. The van der Waals surface area contributed by atoms with Crippen LogP contribution < -0.4 is 0 Å². The van der Waals surface area contributed by atoms with Crippen molar-refractivity contribution < 1.29 is 19.7 Å². The summed E-state index contributed by atoms with van der Waals surface area (Å²) in [5.41, 5.74) is 1.45. The van der Waals surface area contributed by atoms with Crippen molar-refractivity contribution in [2.45, 2.75) is 46.8 Å². The topological polar surface area (TPSA) is 234 Å². The Morgan fingerprint density at radius 1 is 0.538 bits per heavy atom. The van der Waals surface area contributed by atoms with Crippen LogP contribution in [-0.4, -0.2) is 49.2 Å². The third kappa shape index (κ3) is 7.46. The normalized spacial score (nSPS) is 11.0. The molecule has 0 spiro atoms. The Bertz CT molecular complexity index is 2230. The third-order valence-corrected chi connectivity index (χ3v) is 9.62. The molecule has 20 heteroatoms. The van der Waals surface area contributed by atoms with Crippen molar-refractivity contribution in [2.24, 2.45) is 0 Å². The number of aromatic nitrogens is 6. The molecule has 2 heterocycles. The van der Waals surface area contributed by atoms with Gasteiger partial charge in [0.05, 0.1) is 41.6 Å². The molecule has 0 aliphatic carbocycles. The fourth-order valence-electron chi connectivity index (χ4n) is 5.23. The van der Waals surface area contributed by atoms with Crippen molar-refractivity contribution >= 4 is 46.3 Å². The maximum absolute atomic E-state index is 11.9. The van der Waals surface area contributed by atoms with Gasteiger partial charge in [0.1, 0.15) is 11.6 Å². The molecule has 0 unspecified atom stereocenters. The molecule has 0 amide bonds. The zero-order chi connectivity index (χ0) is 37.1. The second-order valence-electron chi connectivity index (χ2n) is 11.2. The van der Waals surface area contributed by atoms with E-state index in [1.54, 1.807) is 9.13 Å². The van der Waals surface area contributed by atoms with Gasteiger partial charge in [0.15, 0.2) is 0 Å². The van der Waals surface area contributed by atoms with Crippen LogP contribution in [0.25, 0.3) is 11.4 Å². The molecule has 0 fully saturated rings. The van der Waals surface area contributed by atoms with E-state index in [0.29, 0.717) is 23.0 Å². The van der Waals surface area contributed by atoms with E-state index < -0.39 is 42.4 Å². The van der Waals surface area contributed by atoms with Crippen LogP contribution in [0.5, 0.6) is 0 Å². The minimum atomic E-state index is -0.707. The molecule has 0 N–H and O–H groups in total. The van der Waals surface area contributed by atoms with E-state index in [1.165, 1.54) is 24.3 Å². The van der Waals surface area contributed by atoms with E-state index in [9.17, 15) is 40.5 Å². The first kappa shape index (κ1) is 35.3. The van der Waals surface area contributed by atoms with E-state index in [0.717, 1.165) is 46.8 Å². The van der Waals surface area contributed by atoms with Gasteiger partial charge in [0.25, 0.3) is 22.7 Å². The first-order valence-electron chi connectivity index (χ1n) is 15.1. The SMILES string of the molecule is Cc1cccc(-n2c(CCc3nnc(Sc4ccc([N+](=O)[O-])cc4[N+](=O)[O-])n3-c3cccc(C)c3)nnc2Sc2ccc([N+](=O)[O-])cc2[N+](=O)[O-])c1. The average Bonchev–Trinajstić information content (AvgIpc) is 3.70. The highest BCUT2D eigenvalue weighted by Gasteiger charge is 2.26. The molecular weight excluding hydrogens is 717 g/mol. The van der Waals surface area contributed by atoms with Crippen LogP contribution in [0.15, 0.2) is 105 Å². The molecular formula is C32H24N10O8S2. The molecule has 6 aromatic rings. The van der Waals surface area contributed by atoms with Gasteiger partial charge in [-0.05, 0) is 84.9 Å². The Morgan fingerprint density at radius 2 is 0.942 bits per heavy atom. The van der Waals surface area contributed by atoms with E-state index >= 15 is 0 Å². The van der Waals surface area contributed by atoms with Crippen molar-refractivity contribution in [2.75, 3.05) is 0 Å². The number of nitro groups is 4. The summed E-state index contributed by atoms with van der Waals surface area (Å²) in [5, 5.41) is 64.4. The number of hydrogen-bond donors (Lipinski definition) is 0. The summed E-state index contributed by atoms with van der Waals surface area (Å²) in [5.74, 6) is 0.938. The Morgan fingerprint density at radius 3 is 1.29 bits per heavy atom. The molecule has 2 aromatic heterocycles. The fourth-order valence-corrected chi connectivity index (χ4v) is 7.14. The second kappa shape index (κ2) is 14.7. The number of aryl methyl sites for hydroxylation is 4. The zero-order valence-corrected chi connectivity index (χ0v) is 28.7. The van der Waals surface area contributed by atoms with Crippen molar-refractivity contribution in [3.05, 3.63) is 148 Å². The summed E-state index contributed by atoms with van der Waals surface area (Å²) >= 11 is 1.88.